The number of methoxy groups -OCH3 is 1. The van der Waals surface area contributed by atoms with Crippen molar-refractivity contribution >= 4 is 28.1 Å². The number of nitrogens with one attached hydrogen (secondary N) is 1. The van der Waals surface area contributed by atoms with E-state index in [9.17, 15) is 9.00 Å². The summed E-state index contributed by atoms with van der Waals surface area (Å²) in [5, 5.41) is 2.68. The molecule has 1 unspecified atom stereocenters. The maximum atomic E-state index is 11.6. The van der Waals surface area contributed by atoms with E-state index in [2.05, 4.69) is 5.32 Å². The molecule has 1 rings (SSSR count). The molecule has 0 radical (unpaired) electrons. The first-order chi connectivity index (χ1) is 8.02. The van der Waals surface area contributed by atoms with Gasteiger partial charge in [-0.15, -0.1) is 0 Å². The van der Waals surface area contributed by atoms with Gasteiger partial charge in [0.05, 0.1) is 12.8 Å². The molecular weight excluding hydrogens is 240 g/mol. The molecule has 0 spiro atoms. The van der Waals surface area contributed by atoms with Crippen molar-refractivity contribution in [1.82, 2.24) is 0 Å². The number of amides is 1. The molecule has 0 aliphatic heterocycles. The molecule has 0 aromatic heterocycles. The Morgan fingerprint density at radius 1 is 1.53 bits per heavy atom. The second-order valence-electron chi connectivity index (χ2n) is 3.54. The molecule has 6 heteroatoms. The lowest BCUT2D eigenvalue weighted by Gasteiger charge is -2.10. The van der Waals surface area contributed by atoms with Crippen molar-refractivity contribution in [1.29, 1.82) is 0 Å². The van der Waals surface area contributed by atoms with E-state index in [4.69, 9.17) is 10.5 Å². The molecule has 0 bridgehead atoms. The van der Waals surface area contributed by atoms with E-state index < -0.39 is 10.8 Å². The molecule has 5 nitrogen and oxygen atoms in total. The molecule has 0 saturated heterocycles. The standard InChI is InChI=1S/C11H16N2O3S/c1-16-10-4-3-8(12)7-9(10)13-11(14)5-6-17(2)15/h3-4,7H,5-6,12H2,1-2H3,(H,13,14). The van der Waals surface area contributed by atoms with Crippen molar-refractivity contribution in [2.75, 3.05) is 30.2 Å². The van der Waals surface area contributed by atoms with E-state index in [1.807, 2.05) is 0 Å². The van der Waals surface area contributed by atoms with Gasteiger partial charge >= 0.3 is 0 Å². The van der Waals surface area contributed by atoms with Gasteiger partial charge in [-0.05, 0) is 18.2 Å². The van der Waals surface area contributed by atoms with Gasteiger partial charge in [0.1, 0.15) is 5.75 Å². The van der Waals surface area contributed by atoms with Crippen LogP contribution in [0.25, 0.3) is 0 Å². The monoisotopic (exact) mass is 256 g/mol. The molecule has 0 fully saturated rings. The van der Waals surface area contributed by atoms with Crippen LogP contribution in [0, 0.1) is 0 Å². The number of benzene rings is 1. The third-order valence-corrected chi connectivity index (χ3v) is 2.89. The lowest BCUT2D eigenvalue weighted by atomic mass is 10.2. The third kappa shape index (κ3) is 4.44. The molecule has 1 aromatic rings. The quantitative estimate of drug-likeness (QED) is 0.770. The van der Waals surface area contributed by atoms with Gasteiger partial charge in [0.2, 0.25) is 5.91 Å². The van der Waals surface area contributed by atoms with Crippen LogP contribution in [-0.4, -0.2) is 29.2 Å². The molecule has 0 aliphatic rings. The Labute approximate surface area is 103 Å². The van der Waals surface area contributed by atoms with Crippen LogP contribution in [0.15, 0.2) is 18.2 Å². The van der Waals surface area contributed by atoms with Gasteiger partial charge in [0, 0.05) is 34.9 Å². The van der Waals surface area contributed by atoms with E-state index in [0.717, 1.165) is 0 Å². The highest BCUT2D eigenvalue weighted by Crippen LogP contribution is 2.26. The van der Waals surface area contributed by atoms with Crippen molar-refractivity contribution in [3.8, 4) is 5.75 Å². The van der Waals surface area contributed by atoms with Gasteiger partial charge in [-0.2, -0.15) is 0 Å². The molecule has 17 heavy (non-hydrogen) atoms. The maximum absolute atomic E-state index is 11.6. The fourth-order valence-corrected chi connectivity index (χ4v) is 1.75. The van der Waals surface area contributed by atoms with Gasteiger partial charge in [0.25, 0.3) is 0 Å². The summed E-state index contributed by atoms with van der Waals surface area (Å²) in [4.78, 5) is 11.6. The Kier molecular flexibility index (Phi) is 4.96. The van der Waals surface area contributed by atoms with Crippen LogP contribution in [0.3, 0.4) is 0 Å². The van der Waals surface area contributed by atoms with Gasteiger partial charge in [-0.3, -0.25) is 9.00 Å². The van der Waals surface area contributed by atoms with Crippen molar-refractivity contribution in [3.05, 3.63) is 18.2 Å². The van der Waals surface area contributed by atoms with Crippen LogP contribution in [0.2, 0.25) is 0 Å². The predicted octanol–water partition coefficient (Wildman–Crippen LogP) is 0.984. The van der Waals surface area contributed by atoms with Crippen LogP contribution in [0.1, 0.15) is 6.42 Å². The van der Waals surface area contributed by atoms with Crippen LogP contribution >= 0.6 is 0 Å². The number of anilines is 2. The van der Waals surface area contributed by atoms with Gasteiger partial charge < -0.3 is 15.8 Å². The second-order valence-corrected chi connectivity index (χ2v) is 5.09. The molecule has 0 saturated carbocycles. The van der Waals surface area contributed by atoms with E-state index >= 15 is 0 Å². The summed E-state index contributed by atoms with van der Waals surface area (Å²) in [7, 11) is 0.544. The van der Waals surface area contributed by atoms with E-state index in [0.29, 0.717) is 22.9 Å². The number of ether oxygens (including phenoxy) is 1. The minimum atomic E-state index is -0.972. The number of carbonyl (C=O) groups is 1. The molecule has 3 N–H and O–H groups in total. The second kappa shape index (κ2) is 6.24. The molecule has 1 aromatic carbocycles. The SMILES string of the molecule is COc1ccc(N)cc1NC(=O)CCS(C)=O. The molecule has 1 amide bonds. The first kappa shape index (κ1) is 13.5. The first-order valence-electron chi connectivity index (χ1n) is 5.06. The average Bonchev–Trinajstić information content (AvgIpc) is 2.27. The number of hydrogen-bond acceptors (Lipinski definition) is 4. The zero-order valence-electron chi connectivity index (χ0n) is 9.86. The minimum absolute atomic E-state index is 0.205. The fraction of sp³-hybridized carbons (Fsp3) is 0.364. The van der Waals surface area contributed by atoms with E-state index in [-0.39, 0.29) is 12.3 Å². The highest BCUT2D eigenvalue weighted by Gasteiger charge is 2.08. The number of nitrogen functional groups attached to an aromatic ring is 1. The number of rotatable bonds is 5. The largest absolute Gasteiger partial charge is 0.495 e. The van der Waals surface area contributed by atoms with Crippen molar-refractivity contribution in [2.45, 2.75) is 6.42 Å². The van der Waals surface area contributed by atoms with Gasteiger partial charge in [0.15, 0.2) is 0 Å². The Hall–Kier alpha value is -1.56. The number of nitrogens with two attached hydrogens (primary N) is 1. The van der Waals surface area contributed by atoms with Crippen LogP contribution in [0.5, 0.6) is 5.75 Å². The molecular formula is C11H16N2O3S. The Balaban J connectivity index is 2.69. The maximum Gasteiger partial charge on any atom is 0.225 e. The summed E-state index contributed by atoms with van der Waals surface area (Å²) in [6.07, 6.45) is 1.77. The smallest absolute Gasteiger partial charge is 0.225 e. The van der Waals surface area contributed by atoms with Gasteiger partial charge in [-0.25, -0.2) is 0 Å². The summed E-state index contributed by atoms with van der Waals surface area (Å²) in [6, 6.07) is 5.00. The highest BCUT2D eigenvalue weighted by molar-refractivity contribution is 7.84. The van der Waals surface area contributed by atoms with Gasteiger partial charge in [-0.1, -0.05) is 0 Å². The lowest BCUT2D eigenvalue weighted by molar-refractivity contribution is -0.115. The van der Waals surface area contributed by atoms with E-state index in [1.54, 1.807) is 24.5 Å². The fourth-order valence-electron chi connectivity index (χ4n) is 1.27. The number of carbonyl (C=O) groups excluding carboxylic acids is 1. The average molecular weight is 256 g/mol. The van der Waals surface area contributed by atoms with Crippen LogP contribution in [-0.2, 0) is 15.6 Å². The highest BCUT2D eigenvalue weighted by atomic mass is 32.2. The predicted molar refractivity (Wildman–Crippen MR) is 69.6 cm³/mol. The van der Waals surface area contributed by atoms with Crippen LogP contribution < -0.4 is 15.8 Å². The van der Waals surface area contributed by atoms with E-state index in [1.165, 1.54) is 7.11 Å². The Morgan fingerprint density at radius 2 is 2.24 bits per heavy atom. The lowest BCUT2D eigenvalue weighted by Crippen LogP contribution is -2.15. The van der Waals surface area contributed by atoms with Crippen LogP contribution in [0.4, 0.5) is 11.4 Å². The molecule has 1 atom stereocenters. The van der Waals surface area contributed by atoms with Crippen molar-refractivity contribution < 1.29 is 13.7 Å². The number of hydrogen-bond donors (Lipinski definition) is 2. The summed E-state index contributed by atoms with van der Waals surface area (Å²) >= 11 is 0. The zero-order chi connectivity index (χ0) is 12.8. The molecule has 0 aliphatic carbocycles. The Bertz CT molecular complexity index is 435. The zero-order valence-corrected chi connectivity index (χ0v) is 10.7. The first-order valence-corrected chi connectivity index (χ1v) is 6.79. The molecule has 94 valence electrons. The third-order valence-electron chi connectivity index (χ3n) is 2.11. The summed E-state index contributed by atoms with van der Waals surface area (Å²) in [5.74, 6) is 0.686. The van der Waals surface area contributed by atoms with Crippen molar-refractivity contribution in [2.24, 2.45) is 0 Å². The molecule has 0 heterocycles. The summed E-state index contributed by atoms with van der Waals surface area (Å²) < 4.78 is 16.0. The topological polar surface area (TPSA) is 81.4 Å². The summed E-state index contributed by atoms with van der Waals surface area (Å²) in [5.41, 5.74) is 6.69. The summed E-state index contributed by atoms with van der Waals surface area (Å²) in [6.45, 7) is 0. The van der Waals surface area contributed by atoms with Crippen molar-refractivity contribution in [3.63, 3.8) is 0 Å². The Morgan fingerprint density at radius 3 is 2.82 bits per heavy atom. The minimum Gasteiger partial charge on any atom is -0.495 e. The normalized spacial score (nSPS) is 11.9.